The lowest BCUT2D eigenvalue weighted by atomic mass is 10.1. The van der Waals surface area contributed by atoms with Gasteiger partial charge in [0.2, 0.25) is 0 Å². The third kappa shape index (κ3) is 3.48. The zero-order valence-corrected chi connectivity index (χ0v) is 13.5. The Morgan fingerprint density at radius 3 is 2.59 bits per heavy atom. The van der Waals surface area contributed by atoms with Crippen LogP contribution in [-0.2, 0) is 11.2 Å². The molecule has 0 bridgehead atoms. The fraction of sp³-hybridized carbons (Fsp3) is 0.176. The highest BCUT2D eigenvalue weighted by atomic mass is 32.2. The fourth-order valence-electron chi connectivity index (χ4n) is 2.28. The lowest BCUT2D eigenvalue weighted by Gasteiger charge is -2.11. The largest absolute Gasteiger partial charge is 0.293 e. The number of hydrogen-bond donors (Lipinski definition) is 0. The van der Waals surface area contributed by atoms with Crippen LogP contribution in [0.3, 0.4) is 0 Å². The van der Waals surface area contributed by atoms with Crippen molar-refractivity contribution in [2.75, 3.05) is 6.54 Å². The number of carbonyl (C=O) groups excluding carboxylic acids is 2. The monoisotopic (exact) mass is 329 g/mol. The van der Waals surface area contributed by atoms with E-state index in [1.807, 2.05) is 35.7 Å². The molecule has 0 atom stereocenters. The third-order valence-electron chi connectivity index (χ3n) is 3.38. The second kappa shape index (κ2) is 6.94. The molecular formula is C17H15NO2S2. The predicted molar refractivity (Wildman–Crippen MR) is 91.8 cm³/mol. The number of hydrogen-bond acceptors (Lipinski definition) is 4. The molecule has 3 nitrogen and oxygen atoms in total. The summed E-state index contributed by atoms with van der Waals surface area (Å²) in [4.78, 5) is 27.2. The minimum atomic E-state index is -0.170. The third-order valence-corrected chi connectivity index (χ3v) is 5.11. The summed E-state index contributed by atoms with van der Waals surface area (Å²) in [7, 11) is 0. The van der Waals surface area contributed by atoms with E-state index in [4.69, 9.17) is 0 Å². The number of imide groups is 1. The molecule has 0 N–H and O–H groups in total. The van der Waals surface area contributed by atoms with Crippen molar-refractivity contribution in [3.63, 3.8) is 0 Å². The van der Waals surface area contributed by atoms with Crippen LogP contribution in [0.2, 0.25) is 0 Å². The average molecular weight is 329 g/mol. The second-order valence-electron chi connectivity index (χ2n) is 4.94. The van der Waals surface area contributed by atoms with Gasteiger partial charge in [-0.3, -0.25) is 14.5 Å². The molecule has 1 aromatic carbocycles. The first-order chi connectivity index (χ1) is 10.7. The van der Waals surface area contributed by atoms with Gasteiger partial charge in [0.05, 0.1) is 4.91 Å². The molecule has 1 aromatic heterocycles. The Kier molecular flexibility index (Phi) is 4.75. The van der Waals surface area contributed by atoms with Crippen LogP contribution in [0.5, 0.6) is 0 Å². The summed E-state index contributed by atoms with van der Waals surface area (Å²) < 4.78 is 0. The maximum atomic E-state index is 12.3. The number of carbonyl (C=O) groups is 2. The molecule has 1 aliphatic heterocycles. The quantitative estimate of drug-likeness (QED) is 0.762. The van der Waals surface area contributed by atoms with Crippen LogP contribution in [0, 0.1) is 0 Å². The van der Waals surface area contributed by atoms with Crippen LogP contribution in [0.4, 0.5) is 4.79 Å². The molecule has 0 unspecified atom stereocenters. The SMILES string of the molecule is O=C1S/C(=C\c2cccs2)C(=O)N1CCCc1ccccc1. The van der Waals surface area contributed by atoms with Crippen LogP contribution in [0.1, 0.15) is 16.9 Å². The summed E-state index contributed by atoms with van der Waals surface area (Å²) in [6.45, 7) is 0.474. The molecule has 2 aromatic rings. The number of rotatable bonds is 5. The van der Waals surface area contributed by atoms with Crippen LogP contribution in [0.15, 0.2) is 52.7 Å². The first kappa shape index (κ1) is 15.1. The summed E-state index contributed by atoms with van der Waals surface area (Å²) in [5, 5.41) is 1.79. The zero-order chi connectivity index (χ0) is 15.4. The van der Waals surface area contributed by atoms with Crippen molar-refractivity contribution >= 4 is 40.3 Å². The second-order valence-corrected chi connectivity index (χ2v) is 6.91. The van der Waals surface area contributed by atoms with Crippen LogP contribution >= 0.6 is 23.1 Å². The molecule has 0 saturated carbocycles. The Morgan fingerprint density at radius 1 is 1.05 bits per heavy atom. The van der Waals surface area contributed by atoms with E-state index in [1.165, 1.54) is 10.5 Å². The lowest BCUT2D eigenvalue weighted by molar-refractivity contribution is -0.122. The van der Waals surface area contributed by atoms with Crippen LogP contribution in [0.25, 0.3) is 6.08 Å². The normalized spacial score (nSPS) is 16.7. The first-order valence-corrected chi connectivity index (χ1v) is 8.76. The Morgan fingerprint density at radius 2 is 1.86 bits per heavy atom. The van der Waals surface area contributed by atoms with Crippen molar-refractivity contribution in [1.29, 1.82) is 0 Å². The molecule has 0 aliphatic carbocycles. The maximum Gasteiger partial charge on any atom is 0.293 e. The fourth-order valence-corrected chi connectivity index (χ4v) is 3.87. The van der Waals surface area contributed by atoms with E-state index < -0.39 is 0 Å². The van der Waals surface area contributed by atoms with E-state index in [1.54, 1.807) is 17.4 Å². The molecule has 22 heavy (non-hydrogen) atoms. The molecule has 112 valence electrons. The van der Waals surface area contributed by atoms with Crippen molar-refractivity contribution in [1.82, 2.24) is 4.90 Å². The minimum absolute atomic E-state index is 0.166. The van der Waals surface area contributed by atoms with Gasteiger partial charge in [0.25, 0.3) is 11.1 Å². The van der Waals surface area contributed by atoms with Crippen molar-refractivity contribution in [3.05, 3.63) is 63.2 Å². The number of amides is 2. The molecule has 0 spiro atoms. The van der Waals surface area contributed by atoms with Crippen molar-refractivity contribution in [3.8, 4) is 0 Å². The molecule has 5 heteroatoms. The number of benzene rings is 1. The maximum absolute atomic E-state index is 12.3. The van der Waals surface area contributed by atoms with Crippen molar-refractivity contribution in [2.24, 2.45) is 0 Å². The minimum Gasteiger partial charge on any atom is -0.268 e. The van der Waals surface area contributed by atoms with Gasteiger partial charge in [-0.25, -0.2) is 0 Å². The van der Waals surface area contributed by atoms with E-state index in [0.29, 0.717) is 11.4 Å². The van der Waals surface area contributed by atoms with E-state index in [9.17, 15) is 9.59 Å². The molecule has 0 radical (unpaired) electrons. The highest BCUT2D eigenvalue weighted by molar-refractivity contribution is 8.18. The molecule has 1 saturated heterocycles. The van der Waals surface area contributed by atoms with Crippen molar-refractivity contribution in [2.45, 2.75) is 12.8 Å². The number of nitrogens with zero attached hydrogens (tertiary/aromatic N) is 1. The Hall–Kier alpha value is -1.85. The van der Waals surface area contributed by atoms with Gasteiger partial charge in [0.1, 0.15) is 0 Å². The van der Waals surface area contributed by atoms with Crippen molar-refractivity contribution < 1.29 is 9.59 Å². The van der Waals surface area contributed by atoms with Gasteiger partial charge in [0.15, 0.2) is 0 Å². The average Bonchev–Trinajstić information content (AvgIpc) is 3.12. The Balaban J connectivity index is 1.60. The van der Waals surface area contributed by atoms with Gasteiger partial charge in [-0.15, -0.1) is 11.3 Å². The Bertz CT molecular complexity index is 693. The van der Waals surface area contributed by atoms with Gasteiger partial charge in [-0.05, 0) is 47.7 Å². The standard InChI is InChI=1S/C17H15NO2S2/c19-16-15(12-14-9-5-11-21-14)22-17(20)18(16)10-4-8-13-6-2-1-3-7-13/h1-3,5-7,9,11-12H,4,8,10H2/b15-12-. The highest BCUT2D eigenvalue weighted by Gasteiger charge is 2.34. The topological polar surface area (TPSA) is 37.4 Å². The number of thiophene rings is 1. The molecule has 1 fully saturated rings. The summed E-state index contributed by atoms with van der Waals surface area (Å²) in [5.41, 5.74) is 1.23. The van der Waals surface area contributed by atoms with Gasteiger partial charge in [-0.1, -0.05) is 36.4 Å². The van der Waals surface area contributed by atoms with E-state index in [2.05, 4.69) is 12.1 Å². The van der Waals surface area contributed by atoms with Gasteiger partial charge < -0.3 is 0 Å². The molecule has 1 aliphatic rings. The van der Waals surface area contributed by atoms with E-state index in [-0.39, 0.29) is 11.1 Å². The molecule has 2 heterocycles. The van der Waals surface area contributed by atoms with Gasteiger partial charge in [-0.2, -0.15) is 0 Å². The van der Waals surface area contributed by atoms with E-state index in [0.717, 1.165) is 29.5 Å². The predicted octanol–water partition coefficient (Wildman–Crippen LogP) is 4.42. The lowest BCUT2D eigenvalue weighted by Crippen LogP contribution is -2.29. The smallest absolute Gasteiger partial charge is 0.268 e. The molecule has 3 rings (SSSR count). The summed E-state index contributed by atoms with van der Waals surface area (Å²) in [6.07, 6.45) is 3.45. The summed E-state index contributed by atoms with van der Waals surface area (Å²) in [5.74, 6) is -0.170. The molecule has 2 amide bonds. The number of thioether (sulfide) groups is 1. The molecular weight excluding hydrogens is 314 g/mol. The highest BCUT2D eigenvalue weighted by Crippen LogP contribution is 2.33. The Labute approximate surface area is 137 Å². The summed E-state index contributed by atoms with van der Waals surface area (Å²) >= 11 is 2.59. The van der Waals surface area contributed by atoms with Gasteiger partial charge >= 0.3 is 0 Å². The van der Waals surface area contributed by atoms with Crippen LogP contribution in [-0.4, -0.2) is 22.6 Å². The number of aryl methyl sites for hydroxylation is 1. The zero-order valence-electron chi connectivity index (χ0n) is 11.9. The van der Waals surface area contributed by atoms with Crippen LogP contribution < -0.4 is 0 Å². The summed E-state index contributed by atoms with van der Waals surface area (Å²) in [6, 6.07) is 14.0. The van der Waals surface area contributed by atoms with Gasteiger partial charge in [0, 0.05) is 11.4 Å². The first-order valence-electron chi connectivity index (χ1n) is 7.07. The van der Waals surface area contributed by atoms with E-state index >= 15 is 0 Å².